The smallest absolute Gasteiger partial charge is 0.256 e. The van der Waals surface area contributed by atoms with E-state index in [1.807, 2.05) is 36.9 Å². The van der Waals surface area contributed by atoms with E-state index in [4.69, 9.17) is 13.9 Å². The van der Waals surface area contributed by atoms with Gasteiger partial charge in [0.2, 0.25) is 0 Å². The lowest BCUT2D eigenvalue weighted by molar-refractivity contribution is 0.493. The van der Waals surface area contributed by atoms with Crippen molar-refractivity contribution in [3.8, 4) is 23.0 Å². The fraction of sp³-hybridized carbons (Fsp3) is 0. The minimum atomic E-state index is -0.00859. The molecule has 0 bridgehead atoms. The molecular weight excluding hydrogens is 774 g/mol. The average Bonchev–Trinajstić information content (AvgIpc) is 3.74. The van der Waals surface area contributed by atoms with Gasteiger partial charge in [-0.2, -0.15) is 0 Å². The number of pyridine rings is 2. The van der Waals surface area contributed by atoms with Crippen LogP contribution in [-0.4, -0.2) is 23.4 Å². The maximum Gasteiger partial charge on any atom is 0.256 e. The predicted octanol–water partition coefficient (Wildman–Crippen LogP) is 9.49. The Morgan fingerprint density at radius 1 is 0.365 bits per heavy atom. The lowest BCUT2D eigenvalue weighted by Gasteiger charge is -2.39. The van der Waals surface area contributed by atoms with Crippen LogP contribution in [0.5, 0.6) is 23.0 Å². The van der Waals surface area contributed by atoms with Crippen molar-refractivity contribution in [1.29, 1.82) is 0 Å². The second-order valence-electron chi connectivity index (χ2n) is 16.8. The molecule has 3 aromatic heterocycles. The first-order chi connectivity index (χ1) is 31.3. The van der Waals surface area contributed by atoms with Crippen LogP contribution in [0.4, 0.5) is 34.1 Å². The van der Waals surface area contributed by atoms with E-state index in [1.54, 1.807) is 0 Å². The Morgan fingerprint density at radius 2 is 0.794 bits per heavy atom. The van der Waals surface area contributed by atoms with Gasteiger partial charge in [-0.15, -0.1) is 0 Å². The number of fused-ring (bicyclic) bond motifs is 17. The number of benzene rings is 8. The normalized spacial score (nSPS) is 13.8. The van der Waals surface area contributed by atoms with Crippen molar-refractivity contribution < 1.29 is 13.9 Å². The van der Waals surface area contributed by atoms with E-state index in [9.17, 15) is 0 Å². The summed E-state index contributed by atoms with van der Waals surface area (Å²) in [6, 6.07) is 56.1. The third-order valence-corrected chi connectivity index (χ3v) is 13.7. The van der Waals surface area contributed by atoms with Gasteiger partial charge in [0.1, 0.15) is 34.2 Å². The molecule has 0 unspecified atom stereocenters. The maximum atomic E-state index is 7.07. The summed E-state index contributed by atoms with van der Waals surface area (Å²) in [6.45, 7) is -0.0172. The molecule has 0 aliphatic carbocycles. The topological polar surface area (TPSA) is 63.9 Å². The first-order valence-corrected chi connectivity index (χ1v) is 21.4. The molecule has 7 heterocycles. The van der Waals surface area contributed by atoms with E-state index in [0.717, 1.165) is 122 Å². The highest BCUT2D eigenvalue weighted by Crippen LogP contribution is 2.46. The van der Waals surface area contributed by atoms with Crippen molar-refractivity contribution in [2.75, 3.05) is 9.80 Å². The van der Waals surface area contributed by atoms with Crippen molar-refractivity contribution in [2.24, 2.45) is 0 Å². The zero-order valence-electron chi connectivity index (χ0n) is 33.5. The summed E-state index contributed by atoms with van der Waals surface area (Å²) in [5.74, 6) is 3.46. The zero-order chi connectivity index (χ0) is 40.9. The first kappa shape index (κ1) is 33.4. The summed E-state index contributed by atoms with van der Waals surface area (Å²) in [7, 11) is 0. The van der Waals surface area contributed by atoms with Crippen molar-refractivity contribution in [2.45, 2.75) is 0 Å². The zero-order valence-corrected chi connectivity index (χ0v) is 33.5. The van der Waals surface area contributed by atoms with Gasteiger partial charge in [-0.05, 0) is 118 Å². The molecule has 0 spiro atoms. The molecule has 290 valence electrons. The minimum Gasteiger partial charge on any atom is -0.458 e. The molecule has 4 aliphatic rings. The molecule has 0 atom stereocenters. The monoisotopic (exact) mass is 804 g/mol. The molecule has 0 saturated carbocycles. The Bertz CT molecular complexity index is 3550. The molecule has 0 amide bonds. The Balaban J connectivity index is 0.896. The molecule has 0 radical (unpaired) electrons. The maximum absolute atomic E-state index is 7.07. The van der Waals surface area contributed by atoms with Gasteiger partial charge in [0.15, 0.2) is 0 Å². The predicted molar refractivity (Wildman–Crippen MR) is 256 cm³/mol. The number of para-hydroxylation sites is 2. The summed E-state index contributed by atoms with van der Waals surface area (Å²) in [5.41, 5.74) is 15.3. The van der Waals surface area contributed by atoms with Crippen molar-refractivity contribution in [3.05, 3.63) is 183 Å². The van der Waals surface area contributed by atoms with Crippen molar-refractivity contribution >= 4 is 124 Å². The quantitative estimate of drug-likeness (QED) is 0.162. The molecule has 0 saturated heterocycles. The van der Waals surface area contributed by atoms with Crippen LogP contribution in [0.15, 0.2) is 187 Å². The lowest BCUT2D eigenvalue weighted by Crippen LogP contribution is -2.59. The fourth-order valence-electron chi connectivity index (χ4n) is 11.2. The number of hydrogen-bond acceptors (Lipinski definition) is 7. The van der Waals surface area contributed by atoms with Gasteiger partial charge in [-0.25, -0.2) is 0 Å². The number of nitrogens with zero attached hydrogens (tertiary/aromatic N) is 4. The Kier molecular flexibility index (Phi) is 6.46. The highest BCUT2D eigenvalue weighted by atomic mass is 16.5. The van der Waals surface area contributed by atoms with Gasteiger partial charge < -0.3 is 23.7 Å². The standard InChI is InChI=1S/C54H30B2N4O3/c1-3-13-43-39(11-1)55-41-25-23-35-37(53(41)61-47-17-5-15-45(49(47)55)59(43)31-9-7-27-57-29-31)21-19-33-34-20-22-38-36(52(34)63-51(33)35)24-26-42-54(38)62-48-18-6-16-46-50(48)56(42)40-12-2-4-14-44(40)60(46)32-10-8-28-58-30-32/h1-30H. The third kappa shape index (κ3) is 4.35. The highest BCUT2D eigenvalue weighted by Gasteiger charge is 2.44. The number of rotatable bonds is 2. The number of aromatic nitrogens is 2. The molecule has 0 fully saturated rings. The summed E-state index contributed by atoms with van der Waals surface area (Å²) < 4.78 is 21.1. The Hall–Kier alpha value is -8.29. The molecule has 0 N–H and O–H groups in total. The van der Waals surface area contributed by atoms with Crippen LogP contribution >= 0.6 is 0 Å². The van der Waals surface area contributed by atoms with Crippen LogP contribution in [0.3, 0.4) is 0 Å². The molecule has 63 heavy (non-hydrogen) atoms. The van der Waals surface area contributed by atoms with Gasteiger partial charge in [0.25, 0.3) is 13.4 Å². The van der Waals surface area contributed by atoms with Gasteiger partial charge in [0.05, 0.1) is 23.8 Å². The number of hydrogen-bond donors (Lipinski definition) is 0. The lowest BCUT2D eigenvalue weighted by atomic mass is 9.34. The summed E-state index contributed by atoms with van der Waals surface area (Å²) in [4.78, 5) is 13.6. The van der Waals surface area contributed by atoms with Gasteiger partial charge >= 0.3 is 0 Å². The van der Waals surface area contributed by atoms with Crippen LogP contribution in [0.1, 0.15) is 0 Å². The Morgan fingerprint density at radius 3 is 1.27 bits per heavy atom. The number of anilines is 6. The van der Waals surface area contributed by atoms with Gasteiger partial charge in [-0.3, -0.25) is 9.97 Å². The van der Waals surface area contributed by atoms with E-state index < -0.39 is 0 Å². The van der Waals surface area contributed by atoms with E-state index in [-0.39, 0.29) is 13.4 Å². The minimum absolute atomic E-state index is 0.00859. The fourth-order valence-corrected chi connectivity index (χ4v) is 11.2. The third-order valence-electron chi connectivity index (χ3n) is 13.7. The Labute approximate surface area is 361 Å². The first-order valence-electron chi connectivity index (χ1n) is 21.4. The van der Waals surface area contributed by atoms with Crippen molar-refractivity contribution in [3.63, 3.8) is 0 Å². The van der Waals surface area contributed by atoms with Gasteiger partial charge in [-0.1, -0.05) is 72.8 Å². The molecular formula is C54H30B2N4O3. The SMILES string of the molecule is c1cncc(N2c3ccccc3B3c4ccc5c(ccc6c7ccc8c9c(ccc8c7oc56)B5c6ccccc6N(c6cccnc6)c6cccc(c65)O9)c4Oc4cccc2c43)c1. The van der Waals surface area contributed by atoms with E-state index >= 15 is 0 Å². The largest absolute Gasteiger partial charge is 0.458 e. The van der Waals surface area contributed by atoms with Crippen LogP contribution in [0.25, 0.3) is 43.5 Å². The van der Waals surface area contributed by atoms with Gasteiger partial charge in [0, 0.05) is 67.5 Å². The van der Waals surface area contributed by atoms with E-state index in [2.05, 4.69) is 165 Å². The molecule has 4 aliphatic heterocycles. The second kappa shape index (κ2) is 12.2. The van der Waals surface area contributed by atoms with Crippen LogP contribution in [0.2, 0.25) is 0 Å². The van der Waals surface area contributed by atoms with Crippen LogP contribution in [-0.2, 0) is 0 Å². The second-order valence-corrected chi connectivity index (χ2v) is 16.8. The summed E-state index contributed by atoms with van der Waals surface area (Å²) in [6.07, 6.45) is 7.48. The molecule has 15 rings (SSSR count). The van der Waals surface area contributed by atoms with Crippen LogP contribution < -0.4 is 52.1 Å². The average molecular weight is 804 g/mol. The molecule has 8 aromatic carbocycles. The summed E-state index contributed by atoms with van der Waals surface area (Å²) >= 11 is 0. The van der Waals surface area contributed by atoms with Crippen LogP contribution in [0, 0.1) is 0 Å². The highest BCUT2D eigenvalue weighted by molar-refractivity contribution is 7.00. The molecule has 9 heteroatoms. The van der Waals surface area contributed by atoms with E-state index in [0.29, 0.717) is 0 Å². The number of ether oxygens (including phenoxy) is 2. The van der Waals surface area contributed by atoms with E-state index in [1.165, 1.54) is 10.9 Å². The number of furan rings is 1. The van der Waals surface area contributed by atoms with Crippen molar-refractivity contribution in [1.82, 2.24) is 9.97 Å². The molecule has 7 nitrogen and oxygen atoms in total. The summed E-state index contributed by atoms with van der Waals surface area (Å²) in [5, 5.41) is 6.22. The molecule has 11 aromatic rings.